The number of rotatable bonds is 7. The normalized spacial score (nSPS) is 15.3. The van der Waals surface area contributed by atoms with Gasteiger partial charge in [-0.05, 0) is 75.7 Å². The second-order valence-corrected chi connectivity index (χ2v) is 11.2. The van der Waals surface area contributed by atoms with Crippen molar-refractivity contribution in [2.24, 2.45) is 4.99 Å². The van der Waals surface area contributed by atoms with Gasteiger partial charge in [-0.25, -0.2) is 9.79 Å². The Morgan fingerprint density at radius 1 is 1.15 bits per heavy atom. The van der Waals surface area contributed by atoms with Gasteiger partial charge >= 0.3 is 5.97 Å². The van der Waals surface area contributed by atoms with Crippen molar-refractivity contribution in [2.75, 3.05) is 6.61 Å². The van der Waals surface area contributed by atoms with E-state index in [0.717, 1.165) is 5.56 Å². The van der Waals surface area contributed by atoms with Crippen molar-refractivity contribution in [1.82, 2.24) is 4.57 Å². The van der Waals surface area contributed by atoms with Crippen LogP contribution in [0.5, 0.6) is 5.75 Å². The smallest absolute Gasteiger partial charge is 0.338 e. The number of thiazole rings is 1. The summed E-state index contributed by atoms with van der Waals surface area (Å²) in [6.45, 7) is 7.58. The summed E-state index contributed by atoms with van der Waals surface area (Å²) in [4.78, 5) is 32.0. The van der Waals surface area contributed by atoms with Gasteiger partial charge in [-0.15, -0.1) is 0 Å². The van der Waals surface area contributed by atoms with E-state index < -0.39 is 12.0 Å². The Balaban J connectivity index is 1.61. The van der Waals surface area contributed by atoms with Crippen molar-refractivity contribution in [2.45, 2.75) is 39.8 Å². The molecule has 40 heavy (non-hydrogen) atoms. The van der Waals surface area contributed by atoms with Crippen molar-refractivity contribution in [3.05, 3.63) is 107 Å². The van der Waals surface area contributed by atoms with Crippen LogP contribution in [0.15, 0.2) is 80.1 Å². The number of allylic oxidation sites excluding steroid dienone is 1. The molecule has 0 saturated carbocycles. The molecule has 2 aromatic carbocycles. The molecule has 0 amide bonds. The highest BCUT2D eigenvalue weighted by Gasteiger charge is 2.33. The fourth-order valence-electron chi connectivity index (χ4n) is 4.50. The molecule has 2 aromatic heterocycles. The van der Waals surface area contributed by atoms with Gasteiger partial charge in [0.1, 0.15) is 17.3 Å². The number of ether oxygens (including phenoxy) is 2. The zero-order chi connectivity index (χ0) is 28.6. The summed E-state index contributed by atoms with van der Waals surface area (Å²) < 4.78 is 19.1. The predicted molar refractivity (Wildman–Crippen MR) is 157 cm³/mol. The summed E-state index contributed by atoms with van der Waals surface area (Å²) in [6.07, 6.45) is 1.67. The first-order chi connectivity index (χ1) is 19.2. The number of fused-ring (bicyclic) bond motifs is 1. The standard InChI is InChI=1S/C30H26Cl2N2O5S/c1-5-37-29(36)26-17(4)33-30-34(27(26)18-6-9-20(10-7-18)38-16(2)3)28(35)25(40-30)15-21-11-13-24(39-21)22-14-19(31)8-12-23(22)32/h6-16,27H,5H2,1-4H3/b25-15-/t27-/m1/s1. The largest absolute Gasteiger partial charge is 0.491 e. The van der Waals surface area contributed by atoms with E-state index in [2.05, 4.69) is 4.99 Å². The minimum absolute atomic E-state index is 0.0118. The van der Waals surface area contributed by atoms with Gasteiger partial charge in [0.25, 0.3) is 5.56 Å². The monoisotopic (exact) mass is 596 g/mol. The van der Waals surface area contributed by atoms with E-state index in [0.29, 0.717) is 53.5 Å². The first-order valence-corrected chi connectivity index (χ1v) is 14.2. The molecule has 7 nitrogen and oxygen atoms in total. The molecule has 0 unspecified atom stereocenters. The molecule has 3 heterocycles. The lowest BCUT2D eigenvalue weighted by Gasteiger charge is -2.25. The lowest BCUT2D eigenvalue weighted by molar-refractivity contribution is -0.139. The van der Waals surface area contributed by atoms with Gasteiger partial charge in [-0.3, -0.25) is 9.36 Å². The Morgan fingerprint density at radius 3 is 2.60 bits per heavy atom. The molecule has 0 aliphatic carbocycles. The number of furan rings is 1. The average Bonchev–Trinajstić information content (AvgIpc) is 3.49. The number of carbonyl (C=O) groups is 1. The molecule has 0 radical (unpaired) electrons. The number of hydrogen-bond acceptors (Lipinski definition) is 7. The van der Waals surface area contributed by atoms with Crippen LogP contribution < -0.4 is 19.6 Å². The molecule has 1 aliphatic rings. The number of carbonyl (C=O) groups excluding carboxylic acids is 1. The van der Waals surface area contributed by atoms with E-state index in [1.54, 1.807) is 50.3 Å². The maximum Gasteiger partial charge on any atom is 0.338 e. The Hall–Kier alpha value is -3.59. The van der Waals surface area contributed by atoms with E-state index in [-0.39, 0.29) is 18.3 Å². The Morgan fingerprint density at radius 2 is 1.90 bits per heavy atom. The van der Waals surface area contributed by atoms with Crippen LogP contribution in [0.25, 0.3) is 17.4 Å². The van der Waals surface area contributed by atoms with Crippen LogP contribution in [0.3, 0.4) is 0 Å². The maximum atomic E-state index is 13.8. The molecule has 1 atom stereocenters. The number of benzene rings is 2. The van der Waals surface area contributed by atoms with Crippen LogP contribution in [0.4, 0.5) is 0 Å². The zero-order valence-corrected chi connectivity index (χ0v) is 24.6. The molecule has 0 bridgehead atoms. The second kappa shape index (κ2) is 11.5. The Labute approximate surface area is 244 Å². The zero-order valence-electron chi connectivity index (χ0n) is 22.2. The SMILES string of the molecule is CCOC(=O)C1=C(C)N=c2s/c(=C\c3ccc(-c4cc(Cl)ccc4Cl)o3)c(=O)n2[C@@H]1c1ccc(OC(C)C)cc1. The third kappa shape index (κ3) is 5.52. The molecule has 0 N–H and O–H groups in total. The van der Waals surface area contributed by atoms with Crippen molar-refractivity contribution in [3.63, 3.8) is 0 Å². The van der Waals surface area contributed by atoms with E-state index in [9.17, 15) is 9.59 Å². The van der Waals surface area contributed by atoms with E-state index in [1.165, 1.54) is 15.9 Å². The van der Waals surface area contributed by atoms with Gasteiger partial charge in [0.2, 0.25) is 0 Å². The van der Waals surface area contributed by atoms with Gasteiger partial charge in [-0.2, -0.15) is 0 Å². The quantitative estimate of drug-likeness (QED) is 0.239. The van der Waals surface area contributed by atoms with Crippen LogP contribution in [-0.2, 0) is 9.53 Å². The van der Waals surface area contributed by atoms with Gasteiger partial charge in [0, 0.05) is 16.7 Å². The van der Waals surface area contributed by atoms with Crippen molar-refractivity contribution >= 4 is 46.6 Å². The van der Waals surface area contributed by atoms with Gasteiger partial charge in [0.05, 0.1) is 39.6 Å². The van der Waals surface area contributed by atoms with Gasteiger partial charge < -0.3 is 13.9 Å². The second-order valence-electron chi connectivity index (χ2n) is 9.36. The van der Waals surface area contributed by atoms with Crippen LogP contribution in [-0.4, -0.2) is 23.2 Å². The van der Waals surface area contributed by atoms with Gasteiger partial charge in [-0.1, -0.05) is 46.7 Å². The molecule has 5 rings (SSSR count). The van der Waals surface area contributed by atoms with Crippen molar-refractivity contribution < 1.29 is 18.7 Å². The Bertz CT molecular complexity index is 1800. The van der Waals surface area contributed by atoms with Crippen LogP contribution >= 0.6 is 34.5 Å². The molecule has 10 heteroatoms. The molecule has 4 aromatic rings. The molecule has 0 saturated heterocycles. The molecule has 206 valence electrons. The summed E-state index contributed by atoms with van der Waals surface area (Å²) in [5.74, 6) is 1.16. The minimum atomic E-state index is -0.719. The van der Waals surface area contributed by atoms with Crippen molar-refractivity contribution in [3.8, 4) is 17.1 Å². The maximum absolute atomic E-state index is 13.8. The number of halogens is 2. The van der Waals surface area contributed by atoms with Crippen LogP contribution in [0.1, 0.15) is 45.1 Å². The topological polar surface area (TPSA) is 83.0 Å². The third-order valence-electron chi connectivity index (χ3n) is 6.18. The minimum Gasteiger partial charge on any atom is -0.491 e. The number of aromatic nitrogens is 1. The van der Waals surface area contributed by atoms with Crippen LogP contribution in [0.2, 0.25) is 10.0 Å². The molecule has 0 fully saturated rings. The van der Waals surface area contributed by atoms with E-state index in [4.69, 9.17) is 37.1 Å². The average molecular weight is 598 g/mol. The fraction of sp³-hybridized carbons (Fsp3) is 0.233. The summed E-state index contributed by atoms with van der Waals surface area (Å²) in [5.41, 5.74) is 1.89. The highest BCUT2D eigenvalue weighted by Crippen LogP contribution is 2.33. The molecule has 0 spiro atoms. The molecular formula is C30H26Cl2N2O5S. The highest BCUT2D eigenvalue weighted by atomic mass is 35.5. The fourth-order valence-corrected chi connectivity index (χ4v) is 5.91. The number of nitrogens with zero attached hydrogens (tertiary/aromatic N) is 2. The first kappa shape index (κ1) is 28.0. The number of esters is 1. The van der Waals surface area contributed by atoms with E-state index in [1.807, 2.05) is 38.1 Å². The lowest BCUT2D eigenvalue weighted by Crippen LogP contribution is -2.39. The summed E-state index contributed by atoms with van der Waals surface area (Å²) in [7, 11) is 0. The van der Waals surface area contributed by atoms with Crippen molar-refractivity contribution in [1.29, 1.82) is 0 Å². The molecular weight excluding hydrogens is 571 g/mol. The summed E-state index contributed by atoms with van der Waals surface area (Å²) >= 11 is 13.7. The third-order valence-corrected chi connectivity index (χ3v) is 7.73. The highest BCUT2D eigenvalue weighted by molar-refractivity contribution is 7.07. The lowest BCUT2D eigenvalue weighted by atomic mass is 9.96. The molecule has 1 aliphatic heterocycles. The Kier molecular flexibility index (Phi) is 8.03. The summed E-state index contributed by atoms with van der Waals surface area (Å²) in [5, 5.41) is 1.03. The predicted octanol–water partition coefficient (Wildman–Crippen LogP) is 6.15. The first-order valence-electron chi connectivity index (χ1n) is 12.7. The summed E-state index contributed by atoms with van der Waals surface area (Å²) in [6, 6.07) is 15.3. The van der Waals surface area contributed by atoms with Gasteiger partial charge in [0.15, 0.2) is 4.80 Å². The van der Waals surface area contributed by atoms with Crippen LogP contribution in [0, 0.1) is 0 Å². The van der Waals surface area contributed by atoms with E-state index >= 15 is 0 Å². The number of hydrogen-bond donors (Lipinski definition) is 0.